The highest BCUT2D eigenvalue weighted by molar-refractivity contribution is 7.10. The molecule has 1 aliphatic carbocycles. The van der Waals surface area contributed by atoms with Crippen LogP contribution in [0.5, 0.6) is 0 Å². The summed E-state index contributed by atoms with van der Waals surface area (Å²) in [5, 5.41) is 8.48. The van der Waals surface area contributed by atoms with Gasteiger partial charge >= 0.3 is 0 Å². The molecule has 0 aromatic carbocycles. The molecule has 0 aliphatic heterocycles. The smallest absolute Gasteiger partial charge is 0.134 e. The minimum Gasteiger partial charge on any atom is -0.377 e. The number of hydrogen-bond acceptors (Lipinski definition) is 5. The van der Waals surface area contributed by atoms with Crippen molar-refractivity contribution < 1.29 is 0 Å². The molecule has 0 amide bonds. The Morgan fingerprint density at radius 1 is 1.44 bits per heavy atom. The van der Waals surface area contributed by atoms with Crippen LogP contribution in [0.25, 0.3) is 0 Å². The number of anilines is 1. The fourth-order valence-electron chi connectivity index (χ4n) is 2.46. The molecule has 1 N–H and O–H groups in total. The summed E-state index contributed by atoms with van der Waals surface area (Å²) in [6, 6.07) is 0.761. The van der Waals surface area contributed by atoms with Gasteiger partial charge in [-0.3, -0.25) is 4.90 Å². The average molecular weight is 240 g/mol. The molecule has 1 heterocycles. The van der Waals surface area contributed by atoms with E-state index < -0.39 is 0 Å². The van der Waals surface area contributed by atoms with Crippen LogP contribution in [0.1, 0.15) is 38.3 Å². The third-order valence-electron chi connectivity index (χ3n) is 3.38. The maximum absolute atomic E-state index is 4.21. The molecule has 16 heavy (non-hydrogen) atoms. The van der Waals surface area contributed by atoms with Gasteiger partial charge in [-0.15, -0.1) is 5.10 Å². The maximum atomic E-state index is 4.21. The summed E-state index contributed by atoms with van der Waals surface area (Å²) in [6.07, 6.45) is 5.46. The molecule has 1 aromatic heterocycles. The van der Waals surface area contributed by atoms with Gasteiger partial charge in [0.15, 0.2) is 0 Å². The predicted molar refractivity (Wildman–Crippen MR) is 67.8 cm³/mol. The molecule has 0 bridgehead atoms. The number of rotatable bonds is 5. The average Bonchev–Trinajstić information content (AvgIpc) is 2.96. The Hall–Kier alpha value is -0.680. The molecule has 0 spiro atoms. The second-order valence-electron chi connectivity index (χ2n) is 4.30. The molecule has 1 aromatic rings. The zero-order valence-corrected chi connectivity index (χ0v) is 10.9. The van der Waals surface area contributed by atoms with Crippen molar-refractivity contribution in [1.82, 2.24) is 14.5 Å². The fourth-order valence-corrected chi connectivity index (χ4v) is 2.99. The molecule has 5 heteroatoms. The Labute approximate surface area is 101 Å². The summed E-state index contributed by atoms with van der Waals surface area (Å²) in [6.45, 7) is 4.27. The second kappa shape index (κ2) is 5.59. The largest absolute Gasteiger partial charge is 0.377 e. The zero-order chi connectivity index (χ0) is 11.4. The van der Waals surface area contributed by atoms with Crippen LogP contribution in [0.3, 0.4) is 0 Å². The van der Waals surface area contributed by atoms with Crippen LogP contribution in [-0.2, 0) is 6.54 Å². The zero-order valence-electron chi connectivity index (χ0n) is 10.1. The number of nitrogens with zero attached hydrogens (tertiary/aromatic N) is 3. The Bertz CT molecular complexity index is 320. The molecular weight excluding hydrogens is 220 g/mol. The molecule has 0 saturated heterocycles. The van der Waals surface area contributed by atoms with Crippen LogP contribution in [0.4, 0.5) is 5.00 Å². The van der Waals surface area contributed by atoms with Gasteiger partial charge in [0.2, 0.25) is 0 Å². The Balaban J connectivity index is 2.00. The first-order valence-corrected chi connectivity index (χ1v) is 6.85. The van der Waals surface area contributed by atoms with Crippen molar-refractivity contribution >= 4 is 16.5 Å². The predicted octanol–water partition coefficient (Wildman–Crippen LogP) is 2.34. The molecule has 1 saturated carbocycles. The Kier molecular flexibility index (Phi) is 4.12. The van der Waals surface area contributed by atoms with Crippen molar-refractivity contribution in [2.24, 2.45) is 0 Å². The van der Waals surface area contributed by atoms with Gasteiger partial charge in [-0.2, -0.15) is 0 Å². The summed E-state index contributed by atoms with van der Waals surface area (Å²) < 4.78 is 4.01. The van der Waals surface area contributed by atoms with Crippen molar-refractivity contribution in [1.29, 1.82) is 0 Å². The minimum atomic E-state index is 0.761. The van der Waals surface area contributed by atoms with Crippen molar-refractivity contribution in [2.45, 2.75) is 45.2 Å². The molecule has 2 rings (SSSR count). The van der Waals surface area contributed by atoms with Gasteiger partial charge < -0.3 is 5.32 Å². The SMILES string of the molecule is CCN(Cc1nnsc1NC)C1CCCC1. The monoisotopic (exact) mass is 240 g/mol. The van der Waals surface area contributed by atoms with Crippen LogP contribution in [-0.4, -0.2) is 34.1 Å². The Morgan fingerprint density at radius 3 is 2.81 bits per heavy atom. The van der Waals surface area contributed by atoms with E-state index in [1.54, 1.807) is 0 Å². The van der Waals surface area contributed by atoms with Gasteiger partial charge in [-0.25, -0.2) is 0 Å². The van der Waals surface area contributed by atoms with Gasteiger partial charge in [0, 0.05) is 31.2 Å². The normalized spacial score (nSPS) is 17.2. The van der Waals surface area contributed by atoms with Crippen molar-refractivity contribution in [3.8, 4) is 0 Å². The summed E-state index contributed by atoms with van der Waals surface area (Å²) >= 11 is 1.45. The molecule has 4 nitrogen and oxygen atoms in total. The van der Waals surface area contributed by atoms with Gasteiger partial charge in [0.05, 0.1) is 0 Å². The highest BCUT2D eigenvalue weighted by Gasteiger charge is 2.22. The quantitative estimate of drug-likeness (QED) is 0.857. The van der Waals surface area contributed by atoms with E-state index in [0.717, 1.165) is 29.8 Å². The van der Waals surface area contributed by atoms with Crippen molar-refractivity contribution in [2.75, 3.05) is 18.9 Å². The van der Waals surface area contributed by atoms with E-state index in [2.05, 4.69) is 26.7 Å². The van der Waals surface area contributed by atoms with E-state index in [1.165, 1.54) is 37.2 Å². The van der Waals surface area contributed by atoms with Crippen molar-refractivity contribution in [3.63, 3.8) is 0 Å². The van der Waals surface area contributed by atoms with E-state index in [0.29, 0.717) is 0 Å². The third-order valence-corrected chi connectivity index (χ3v) is 4.17. The van der Waals surface area contributed by atoms with Crippen LogP contribution < -0.4 is 5.32 Å². The summed E-state index contributed by atoms with van der Waals surface area (Å²) in [5.74, 6) is 0. The van der Waals surface area contributed by atoms with E-state index in [4.69, 9.17) is 0 Å². The van der Waals surface area contributed by atoms with E-state index in [1.807, 2.05) is 7.05 Å². The number of aromatic nitrogens is 2. The topological polar surface area (TPSA) is 41.1 Å². The van der Waals surface area contributed by atoms with Crippen LogP contribution in [0, 0.1) is 0 Å². The van der Waals surface area contributed by atoms with Crippen molar-refractivity contribution in [3.05, 3.63) is 5.69 Å². The molecule has 90 valence electrons. The molecule has 0 atom stereocenters. The van der Waals surface area contributed by atoms with Crippen LogP contribution in [0.15, 0.2) is 0 Å². The van der Waals surface area contributed by atoms with Gasteiger partial charge in [-0.05, 0) is 19.4 Å². The van der Waals surface area contributed by atoms with Gasteiger partial charge in [0.25, 0.3) is 0 Å². The Morgan fingerprint density at radius 2 is 2.19 bits per heavy atom. The standard InChI is InChI=1S/C11H20N4S/c1-3-15(9-6-4-5-7-9)8-10-11(12-2)16-14-13-10/h9,12H,3-8H2,1-2H3. The maximum Gasteiger partial charge on any atom is 0.134 e. The first-order valence-electron chi connectivity index (χ1n) is 6.08. The lowest BCUT2D eigenvalue weighted by atomic mass is 10.2. The fraction of sp³-hybridized carbons (Fsp3) is 0.818. The summed E-state index contributed by atoms with van der Waals surface area (Å²) in [4.78, 5) is 2.53. The molecule has 1 aliphatic rings. The van der Waals surface area contributed by atoms with Gasteiger partial charge in [0.1, 0.15) is 10.7 Å². The minimum absolute atomic E-state index is 0.761. The summed E-state index contributed by atoms with van der Waals surface area (Å²) in [5.41, 5.74) is 1.10. The van der Waals surface area contributed by atoms with Crippen LogP contribution >= 0.6 is 11.5 Å². The highest BCUT2D eigenvalue weighted by atomic mass is 32.1. The van der Waals surface area contributed by atoms with Crippen LogP contribution in [0.2, 0.25) is 0 Å². The second-order valence-corrected chi connectivity index (χ2v) is 5.05. The van der Waals surface area contributed by atoms with E-state index in [-0.39, 0.29) is 0 Å². The van der Waals surface area contributed by atoms with Gasteiger partial charge in [-0.1, -0.05) is 24.3 Å². The third kappa shape index (κ3) is 2.52. The number of hydrogen-bond donors (Lipinski definition) is 1. The van der Waals surface area contributed by atoms with E-state index in [9.17, 15) is 0 Å². The molecule has 1 fully saturated rings. The molecular formula is C11H20N4S. The lowest BCUT2D eigenvalue weighted by Gasteiger charge is -2.26. The highest BCUT2D eigenvalue weighted by Crippen LogP contribution is 2.26. The lowest BCUT2D eigenvalue weighted by Crippen LogP contribution is -2.32. The number of nitrogens with one attached hydrogen (secondary N) is 1. The lowest BCUT2D eigenvalue weighted by molar-refractivity contribution is 0.198. The first kappa shape index (κ1) is 11.8. The molecule has 0 radical (unpaired) electrons. The first-order chi connectivity index (χ1) is 7.85. The van der Waals surface area contributed by atoms with E-state index >= 15 is 0 Å². The summed E-state index contributed by atoms with van der Waals surface area (Å²) in [7, 11) is 1.94. The molecule has 0 unspecified atom stereocenters.